The van der Waals surface area contributed by atoms with Crippen molar-refractivity contribution in [3.8, 4) is 0 Å². The average molecular weight is 294 g/mol. The van der Waals surface area contributed by atoms with Gasteiger partial charge in [-0.05, 0) is 14.1 Å². The van der Waals surface area contributed by atoms with E-state index in [1.54, 1.807) is 12.4 Å². The first-order valence-electron chi connectivity index (χ1n) is 6.80. The quantitative estimate of drug-likeness (QED) is 0.754. The van der Waals surface area contributed by atoms with E-state index in [2.05, 4.69) is 38.8 Å². The van der Waals surface area contributed by atoms with Gasteiger partial charge in [0.15, 0.2) is 0 Å². The number of likely N-dealkylation sites (N-methyl/N-ethyl adjacent to an activating group) is 1. The van der Waals surface area contributed by atoms with Crippen LogP contribution in [0.3, 0.4) is 0 Å². The lowest BCUT2D eigenvalue weighted by atomic mass is 10.3. The van der Waals surface area contributed by atoms with Crippen molar-refractivity contribution >= 4 is 23.0 Å². The van der Waals surface area contributed by atoms with Crippen LogP contribution in [0.1, 0.15) is 5.69 Å². The smallest absolute Gasteiger partial charge is 0.147 e. The maximum absolute atomic E-state index is 5.52. The van der Waals surface area contributed by atoms with E-state index in [0.29, 0.717) is 5.69 Å². The molecule has 20 heavy (non-hydrogen) atoms. The predicted octanol–water partition coefficient (Wildman–Crippen LogP) is -0.206. The predicted molar refractivity (Wildman–Crippen MR) is 85.1 cm³/mol. The molecular formula is C13H22N6S. The lowest BCUT2D eigenvalue weighted by Crippen LogP contribution is -2.48. The number of anilines is 1. The molecule has 0 unspecified atom stereocenters. The molecule has 1 aromatic rings. The number of piperazine rings is 1. The molecule has 0 amide bonds. The third kappa shape index (κ3) is 4.09. The zero-order valence-corrected chi connectivity index (χ0v) is 12.9. The van der Waals surface area contributed by atoms with Gasteiger partial charge in [0.1, 0.15) is 16.5 Å². The standard InChI is InChI=1S/C13H22N6S/c1-17(2)3-4-18-5-7-19(8-6-18)12-10-15-11(9-16-12)13(14)20/h9-10H,3-8H2,1-2H3,(H2,14,20). The van der Waals surface area contributed by atoms with Gasteiger partial charge in [-0.15, -0.1) is 0 Å². The molecule has 2 N–H and O–H groups in total. The zero-order valence-electron chi connectivity index (χ0n) is 12.1. The summed E-state index contributed by atoms with van der Waals surface area (Å²) in [6.07, 6.45) is 3.40. The third-order valence-electron chi connectivity index (χ3n) is 3.45. The van der Waals surface area contributed by atoms with Gasteiger partial charge in [0.25, 0.3) is 0 Å². The second-order valence-electron chi connectivity index (χ2n) is 5.26. The van der Waals surface area contributed by atoms with Crippen molar-refractivity contribution in [2.45, 2.75) is 0 Å². The highest BCUT2D eigenvalue weighted by Crippen LogP contribution is 2.12. The molecule has 0 bridgehead atoms. The minimum absolute atomic E-state index is 0.289. The average Bonchev–Trinajstić information content (AvgIpc) is 2.46. The van der Waals surface area contributed by atoms with E-state index in [1.807, 2.05) is 0 Å². The Morgan fingerprint density at radius 2 is 1.95 bits per heavy atom. The third-order valence-corrected chi connectivity index (χ3v) is 3.66. The number of nitrogens with two attached hydrogens (primary N) is 1. The second-order valence-corrected chi connectivity index (χ2v) is 5.70. The van der Waals surface area contributed by atoms with Crippen LogP contribution in [0.15, 0.2) is 12.4 Å². The number of thiocarbonyl (C=S) groups is 1. The van der Waals surface area contributed by atoms with E-state index in [1.165, 1.54) is 0 Å². The van der Waals surface area contributed by atoms with Gasteiger partial charge in [0, 0.05) is 39.3 Å². The van der Waals surface area contributed by atoms with Gasteiger partial charge in [-0.2, -0.15) is 0 Å². The summed E-state index contributed by atoms with van der Waals surface area (Å²) in [7, 11) is 4.21. The Hall–Kier alpha value is -1.31. The molecule has 0 saturated carbocycles. The Bertz CT molecular complexity index is 439. The van der Waals surface area contributed by atoms with Crippen LogP contribution < -0.4 is 10.6 Å². The van der Waals surface area contributed by atoms with Crippen molar-refractivity contribution in [3.63, 3.8) is 0 Å². The zero-order chi connectivity index (χ0) is 14.5. The summed E-state index contributed by atoms with van der Waals surface area (Å²) in [5.74, 6) is 0.900. The molecule has 0 aromatic carbocycles. The van der Waals surface area contributed by atoms with Gasteiger partial charge in [-0.3, -0.25) is 4.90 Å². The Labute approximate surface area is 125 Å². The molecule has 1 aromatic heterocycles. The molecule has 6 nitrogen and oxygen atoms in total. The lowest BCUT2D eigenvalue weighted by molar-refractivity contribution is 0.229. The van der Waals surface area contributed by atoms with E-state index in [4.69, 9.17) is 18.0 Å². The number of rotatable bonds is 5. The highest BCUT2D eigenvalue weighted by molar-refractivity contribution is 7.80. The minimum Gasteiger partial charge on any atom is -0.388 e. The van der Waals surface area contributed by atoms with Crippen molar-refractivity contribution < 1.29 is 0 Å². The van der Waals surface area contributed by atoms with Crippen LogP contribution in [-0.2, 0) is 0 Å². The molecule has 1 saturated heterocycles. The lowest BCUT2D eigenvalue weighted by Gasteiger charge is -2.35. The SMILES string of the molecule is CN(C)CCN1CCN(c2cnc(C(N)=S)cn2)CC1. The first-order valence-corrected chi connectivity index (χ1v) is 7.21. The van der Waals surface area contributed by atoms with Gasteiger partial charge in [-0.1, -0.05) is 12.2 Å². The van der Waals surface area contributed by atoms with Gasteiger partial charge < -0.3 is 15.5 Å². The topological polar surface area (TPSA) is 61.5 Å². The molecule has 110 valence electrons. The number of aromatic nitrogens is 2. The molecule has 1 fully saturated rings. The molecule has 1 aliphatic heterocycles. The summed E-state index contributed by atoms with van der Waals surface area (Å²) in [4.78, 5) is 15.9. The summed E-state index contributed by atoms with van der Waals surface area (Å²) < 4.78 is 0. The molecule has 0 aliphatic carbocycles. The first kappa shape index (κ1) is 15.1. The number of hydrogen-bond donors (Lipinski definition) is 1. The summed E-state index contributed by atoms with van der Waals surface area (Å²) in [6, 6.07) is 0. The van der Waals surface area contributed by atoms with Crippen LogP contribution in [0.4, 0.5) is 5.82 Å². The van der Waals surface area contributed by atoms with E-state index < -0.39 is 0 Å². The summed E-state index contributed by atoms with van der Waals surface area (Å²) >= 11 is 4.88. The number of nitrogens with zero attached hydrogens (tertiary/aromatic N) is 5. The Kier molecular flexibility index (Phi) is 5.22. The van der Waals surface area contributed by atoms with Crippen LogP contribution in [0.5, 0.6) is 0 Å². The summed E-state index contributed by atoms with van der Waals surface area (Å²) in [6.45, 7) is 6.30. The molecule has 0 spiro atoms. The molecule has 2 heterocycles. The maximum Gasteiger partial charge on any atom is 0.147 e. The highest BCUT2D eigenvalue weighted by atomic mass is 32.1. The minimum atomic E-state index is 0.289. The van der Waals surface area contributed by atoms with Gasteiger partial charge >= 0.3 is 0 Å². The second kappa shape index (κ2) is 6.92. The van der Waals surface area contributed by atoms with Crippen molar-refractivity contribution in [1.82, 2.24) is 19.8 Å². The molecule has 7 heteroatoms. The fraction of sp³-hybridized carbons (Fsp3) is 0.615. The fourth-order valence-electron chi connectivity index (χ4n) is 2.15. The fourth-order valence-corrected chi connectivity index (χ4v) is 2.26. The molecule has 0 atom stereocenters. The highest BCUT2D eigenvalue weighted by Gasteiger charge is 2.18. The Morgan fingerprint density at radius 3 is 2.45 bits per heavy atom. The van der Waals surface area contributed by atoms with Crippen molar-refractivity contribution in [3.05, 3.63) is 18.1 Å². The normalized spacial score (nSPS) is 16.6. The molecular weight excluding hydrogens is 272 g/mol. The Morgan fingerprint density at radius 1 is 1.25 bits per heavy atom. The maximum atomic E-state index is 5.52. The van der Waals surface area contributed by atoms with Gasteiger partial charge in [0.05, 0.1) is 12.4 Å². The summed E-state index contributed by atoms with van der Waals surface area (Å²) in [5.41, 5.74) is 6.10. The van der Waals surface area contributed by atoms with Crippen molar-refractivity contribution in [2.24, 2.45) is 5.73 Å². The van der Waals surface area contributed by atoms with Crippen molar-refractivity contribution in [2.75, 3.05) is 58.3 Å². The molecule has 1 aliphatic rings. The molecule has 2 rings (SSSR count). The van der Waals surface area contributed by atoms with Crippen molar-refractivity contribution in [1.29, 1.82) is 0 Å². The summed E-state index contributed by atoms with van der Waals surface area (Å²) in [5, 5.41) is 0. The number of hydrogen-bond acceptors (Lipinski definition) is 6. The van der Waals surface area contributed by atoms with Crippen LogP contribution in [0.25, 0.3) is 0 Å². The van der Waals surface area contributed by atoms with E-state index in [9.17, 15) is 0 Å². The Balaban J connectivity index is 1.85. The van der Waals surface area contributed by atoms with Gasteiger partial charge in [0.2, 0.25) is 0 Å². The monoisotopic (exact) mass is 294 g/mol. The largest absolute Gasteiger partial charge is 0.388 e. The van der Waals surface area contributed by atoms with Crippen LogP contribution in [-0.4, -0.2) is 78.1 Å². The van der Waals surface area contributed by atoms with E-state index >= 15 is 0 Å². The van der Waals surface area contributed by atoms with Crippen LogP contribution in [0.2, 0.25) is 0 Å². The van der Waals surface area contributed by atoms with Crippen LogP contribution >= 0.6 is 12.2 Å². The van der Waals surface area contributed by atoms with Crippen LogP contribution in [0, 0.1) is 0 Å². The molecule has 0 radical (unpaired) electrons. The van der Waals surface area contributed by atoms with E-state index in [-0.39, 0.29) is 4.99 Å². The van der Waals surface area contributed by atoms with E-state index in [0.717, 1.165) is 45.1 Å². The van der Waals surface area contributed by atoms with Gasteiger partial charge in [-0.25, -0.2) is 9.97 Å². The first-order chi connectivity index (χ1) is 9.56.